The summed E-state index contributed by atoms with van der Waals surface area (Å²) in [6, 6.07) is 3.26. The second-order valence-corrected chi connectivity index (χ2v) is 4.70. The topological polar surface area (TPSA) is 85.3 Å². The van der Waals surface area contributed by atoms with Crippen molar-refractivity contribution in [1.29, 1.82) is 0 Å². The van der Waals surface area contributed by atoms with Crippen molar-refractivity contribution < 1.29 is 4.92 Å². The number of pyridine rings is 1. The normalized spacial score (nSPS) is 16.9. The van der Waals surface area contributed by atoms with Crippen LogP contribution in [0.25, 0.3) is 0 Å². The van der Waals surface area contributed by atoms with E-state index >= 15 is 0 Å². The maximum absolute atomic E-state index is 10.7. The van der Waals surface area contributed by atoms with E-state index in [0.717, 1.165) is 38.3 Å². The van der Waals surface area contributed by atoms with Crippen molar-refractivity contribution in [1.82, 2.24) is 4.98 Å². The molecular formula is C12H18N4O2. The van der Waals surface area contributed by atoms with Crippen molar-refractivity contribution in [2.24, 2.45) is 11.7 Å². The molecule has 98 valence electrons. The summed E-state index contributed by atoms with van der Waals surface area (Å²) in [7, 11) is 0. The summed E-state index contributed by atoms with van der Waals surface area (Å²) in [4.78, 5) is 16.8. The average Bonchev–Trinajstić information content (AvgIpc) is 2.38. The van der Waals surface area contributed by atoms with Crippen molar-refractivity contribution in [3.8, 4) is 0 Å². The molecule has 1 aromatic rings. The second kappa shape index (κ2) is 5.30. The van der Waals surface area contributed by atoms with Crippen molar-refractivity contribution in [3.63, 3.8) is 0 Å². The van der Waals surface area contributed by atoms with E-state index in [2.05, 4.69) is 9.88 Å². The molecule has 0 bridgehead atoms. The molecule has 1 aliphatic heterocycles. The molecule has 0 unspecified atom stereocenters. The summed E-state index contributed by atoms with van der Waals surface area (Å²) in [6.07, 6.45) is 2.13. The Morgan fingerprint density at radius 3 is 2.67 bits per heavy atom. The Morgan fingerprint density at radius 2 is 2.17 bits per heavy atom. The molecule has 0 spiro atoms. The van der Waals surface area contributed by atoms with Crippen LogP contribution in [-0.4, -0.2) is 29.5 Å². The number of nitrogens with zero attached hydrogens (tertiary/aromatic N) is 3. The summed E-state index contributed by atoms with van der Waals surface area (Å²) < 4.78 is 0. The minimum Gasteiger partial charge on any atom is -0.357 e. The molecule has 2 N–H and O–H groups in total. The fraction of sp³-hybridized carbons (Fsp3) is 0.583. The van der Waals surface area contributed by atoms with Crippen LogP contribution >= 0.6 is 0 Å². The number of rotatable bonds is 3. The maximum Gasteiger partial charge on any atom is 0.290 e. The molecule has 1 fully saturated rings. The number of nitrogens with two attached hydrogens (primary N) is 1. The molecule has 18 heavy (non-hydrogen) atoms. The van der Waals surface area contributed by atoms with Gasteiger partial charge in [0.25, 0.3) is 5.69 Å². The van der Waals surface area contributed by atoms with E-state index in [0.29, 0.717) is 11.6 Å². The lowest BCUT2D eigenvalue weighted by Crippen LogP contribution is -2.36. The highest BCUT2D eigenvalue weighted by atomic mass is 16.6. The quantitative estimate of drug-likeness (QED) is 0.648. The van der Waals surface area contributed by atoms with Gasteiger partial charge in [-0.2, -0.15) is 0 Å². The highest BCUT2D eigenvalue weighted by molar-refractivity contribution is 5.47. The van der Waals surface area contributed by atoms with Gasteiger partial charge in [0.2, 0.25) is 0 Å². The van der Waals surface area contributed by atoms with Gasteiger partial charge in [-0.1, -0.05) is 0 Å². The van der Waals surface area contributed by atoms with Gasteiger partial charge in [0, 0.05) is 19.2 Å². The number of nitro groups is 1. The fourth-order valence-electron chi connectivity index (χ4n) is 2.31. The number of hydrogen-bond acceptors (Lipinski definition) is 5. The maximum atomic E-state index is 10.7. The summed E-state index contributed by atoms with van der Waals surface area (Å²) in [6.45, 7) is 4.26. The van der Waals surface area contributed by atoms with E-state index in [4.69, 9.17) is 5.73 Å². The SMILES string of the molecule is Cc1nc(N2CCC(CN)CC2)ccc1[N+](=O)[O-]. The first kappa shape index (κ1) is 12.8. The lowest BCUT2D eigenvalue weighted by atomic mass is 9.97. The first-order valence-electron chi connectivity index (χ1n) is 6.19. The lowest BCUT2D eigenvalue weighted by Gasteiger charge is -2.32. The van der Waals surface area contributed by atoms with Crippen molar-refractivity contribution in [2.45, 2.75) is 19.8 Å². The molecule has 0 aromatic carbocycles. The van der Waals surface area contributed by atoms with Gasteiger partial charge < -0.3 is 10.6 Å². The van der Waals surface area contributed by atoms with Gasteiger partial charge in [-0.3, -0.25) is 10.1 Å². The van der Waals surface area contributed by atoms with Crippen molar-refractivity contribution in [3.05, 3.63) is 27.9 Å². The second-order valence-electron chi connectivity index (χ2n) is 4.70. The summed E-state index contributed by atoms with van der Waals surface area (Å²) in [5.74, 6) is 1.42. The minimum absolute atomic E-state index is 0.0793. The molecule has 6 heteroatoms. The Kier molecular flexibility index (Phi) is 3.76. The average molecular weight is 250 g/mol. The third-order valence-electron chi connectivity index (χ3n) is 3.51. The van der Waals surface area contributed by atoms with E-state index in [1.807, 2.05) is 0 Å². The highest BCUT2D eigenvalue weighted by Crippen LogP contribution is 2.24. The number of aryl methyl sites for hydroxylation is 1. The van der Waals surface area contributed by atoms with Gasteiger partial charge in [-0.05, 0) is 38.3 Å². The largest absolute Gasteiger partial charge is 0.357 e. The number of piperidine rings is 1. The Hall–Kier alpha value is -1.69. The van der Waals surface area contributed by atoms with Crippen LogP contribution in [0.2, 0.25) is 0 Å². The molecule has 6 nitrogen and oxygen atoms in total. The van der Waals surface area contributed by atoms with E-state index < -0.39 is 4.92 Å². The first-order chi connectivity index (χ1) is 8.61. The Morgan fingerprint density at radius 1 is 1.50 bits per heavy atom. The predicted octanol–water partition coefficient (Wildman–Crippen LogP) is 1.47. The van der Waals surface area contributed by atoms with Crippen LogP contribution in [0.1, 0.15) is 18.5 Å². The minimum atomic E-state index is -0.396. The highest BCUT2D eigenvalue weighted by Gasteiger charge is 2.20. The first-order valence-corrected chi connectivity index (χ1v) is 6.19. The molecule has 2 heterocycles. The van der Waals surface area contributed by atoms with Gasteiger partial charge >= 0.3 is 0 Å². The molecule has 0 atom stereocenters. The van der Waals surface area contributed by atoms with Crippen LogP contribution in [0, 0.1) is 23.0 Å². The van der Waals surface area contributed by atoms with Crippen molar-refractivity contribution in [2.75, 3.05) is 24.5 Å². The summed E-state index contributed by atoms with van der Waals surface area (Å²) in [5, 5.41) is 10.7. The third kappa shape index (κ3) is 2.59. The van der Waals surface area contributed by atoms with Crippen LogP contribution in [0.3, 0.4) is 0 Å². The van der Waals surface area contributed by atoms with Crippen LogP contribution in [0.4, 0.5) is 11.5 Å². The van der Waals surface area contributed by atoms with Crippen LogP contribution in [-0.2, 0) is 0 Å². The zero-order chi connectivity index (χ0) is 13.1. The van der Waals surface area contributed by atoms with Crippen LogP contribution in [0.5, 0.6) is 0 Å². The zero-order valence-electron chi connectivity index (χ0n) is 10.5. The smallest absolute Gasteiger partial charge is 0.290 e. The Bertz CT molecular complexity index is 442. The predicted molar refractivity (Wildman–Crippen MR) is 69.6 cm³/mol. The molecule has 0 aliphatic carbocycles. The number of hydrogen-bond donors (Lipinski definition) is 1. The molecule has 0 saturated carbocycles. The van der Waals surface area contributed by atoms with Gasteiger partial charge in [-0.25, -0.2) is 4.98 Å². The summed E-state index contributed by atoms with van der Waals surface area (Å²) in [5.41, 5.74) is 6.21. The molecule has 0 amide bonds. The van der Waals surface area contributed by atoms with Crippen molar-refractivity contribution >= 4 is 11.5 Å². The monoisotopic (exact) mass is 250 g/mol. The van der Waals surface area contributed by atoms with Gasteiger partial charge in [0.05, 0.1) is 4.92 Å². The number of anilines is 1. The van der Waals surface area contributed by atoms with E-state index in [1.54, 1.807) is 13.0 Å². The molecule has 1 aromatic heterocycles. The number of aromatic nitrogens is 1. The van der Waals surface area contributed by atoms with Crippen LogP contribution < -0.4 is 10.6 Å². The zero-order valence-corrected chi connectivity index (χ0v) is 10.5. The standard InChI is InChI=1S/C12H18N4O2/c1-9-11(16(17)18)2-3-12(14-9)15-6-4-10(8-13)5-7-15/h2-3,10H,4-8,13H2,1H3. The van der Waals surface area contributed by atoms with Crippen LogP contribution in [0.15, 0.2) is 12.1 Å². The van der Waals surface area contributed by atoms with E-state index in [1.165, 1.54) is 6.07 Å². The van der Waals surface area contributed by atoms with Gasteiger partial charge in [0.1, 0.15) is 11.5 Å². The fourth-order valence-corrected chi connectivity index (χ4v) is 2.31. The molecular weight excluding hydrogens is 232 g/mol. The van der Waals surface area contributed by atoms with E-state index in [9.17, 15) is 10.1 Å². The van der Waals surface area contributed by atoms with Gasteiger partial charge in [0.15, 0.2) is 0 Å². The molecule has 1 saturated heterocycles. The van der Waals surface area contributed by atoms with Gasteiger partial charge in [-0.15, -0.1) is 0 Å². The molecule has 1 aliphatic rings. The van der Waals surface area contributed by atoms with E-state index in [-0.39, 0.29) is 5.69 Å². The summed E-state index contributed by atoms with van der Waals surface area (Å²) >= 11 is 0. The molecule has 2 rings (SSSR count). The molecule has 0 radical (unpaired) electrons. The third-order valence-corrected chi connectivity index (χ3v) is 3.51. The lowest BCUT2D eigenvalue weighted by molar-refractivity contribution is -0.385. The Labute approximate surface area is 106 Å². The Balaban J connectivity index is 2.11.